The molecule has 0 fully saturated rings. The molecular formula is C51H31N3OS. The lowest BCUT2D eigenvalue weighted by molar-refractivity contribution is 0.669. The van der Waals surface area contributed by atoms with Gasteiger partial charge in [0.25, 0.3) is 0 Å². The fourth-order valence-electron chi connectivity index (χ4n) is 7.82. The summed E-state index contributed by atoms with van der Waals surface area (Å²) in [6, 6.07) is 65.7. The first-order valence-corrected chi connectivity index (χ1v) is 19.5. The van der Waals surface area contributed by atoms with Gasteiger partial charge in [-0.05, 0) is 52.1 Å². The highest BCUT2D eigenvalue weighted by molar-refractivity contribution is 7.26. The van der Waals surface area contributed by atoms with Crippen LogP contribution in [-0.4, -0.2) is 15.0 Å². The number of hydrogen-bond donors (Lipinski definition) is 0. The summed E-state index contributed by atoms with van der Waals surface area (Å²) in [6.07, 6.45) is 0. The van der Waals surface area contributed by atoms with Gasteiger partial charge in [-0.3, -0.25) is 0 Å². The predicted molar refractivity (Wildman–Crippen MR) is 233 cm³/mol. The Kier molecular flexibility index (Phi) is 7.64. The molecule has 0 radical (unpaired) electrons. The first-order chi connectivity index (χ1) is 27.7. The molecule has 0 atom stereocenters. The summed E-state index contributed by atoms with van der Waals surface area (Å²) in [5.74, 6) is 1.92. The summed E-state index contributed by atoms with van der Waals surface area (Å²) in [5.41, 5.74) is 11.7. The van der Waals surface area contributed by atoms with Crippen molar-refractivity contribution < 1.29 is 4.42 Å². The smallest absolute Gasteiger partial charge is 0.164 e. The van der Waals surface area contributed by atoms with Crippen molar-refractivity contribution in [1.82, 2.24) is 15.0 Å². The maximum Gasteiger partial charge on any atom is 0.164 e. The topological polar surface area (TPSA) is 51.8 Å². The monoisotopic (exact) mass is 733 g/mol. The van der Waals surface area contributed by atoms with E-state index >= 15 is 0 Å². The highest BCUT2D eigenvalue weighted by atomic mass is 32.1. The Hall–Kier alpha value is -7.21. The van der Waals surface area contributed by atoms with Gasteiger partial charge in [-0.25, -0.2) is 15.0 Å². The summed E-state index contributed by atoms with van der Waals surface area (Å²) in [4.78, 5) is 15.2. The van der Waals surface area contributed by atoms with E-state index in [0.717, 1.165) is 49.8 Å². The summed E-state index contributed by atoms with van der Waals surface area (Å²) < 4.78 is 8.69. The zero-order valence-electron chi connectivity index (χ0n) is 30.1. The Morgan fingerprint density at radius 3 is 1.62 bits per heavy atom. The fraction of sp³-hybridized carbons (Fsp3) is 0. The van der Waals surface area contributed by atoms with Crippen molar-refractivity contribution in [2.45, 2.75) is 0 Å². The van der Waals surface area contributed by atoms with Gasteiger partial charge >= 0.3 is 0 Å². The van der Waals surface area contributed by atoms with Crippen molar-refractivity contribution in [2.24, 2.45) is 0 Å². The van der Waals surface area contributed by atoms with E-state index in [9.17, 15) is 0 Å². The van der Waals surface area contributed by atoms with Crippen molar-refractivity contribution in [3.8, 4) is 67.5 Å². The van der Waals surface area contributed by atoms with Crippen molar-refractivity contribution in [3.05, 3.63) is 188 Å². The average molecular weight is 734 g/mol. The van der Waals surface area contributed by atoms with Gasteiger partial charge in [0.15, 0.2) is 17.5 Å². The van der Waals surface area contributed by atoms with E-state index < -0.39 is 0 Å². The molecule has 0 aliphatic heterocycles. The Balaban J connectivity index is 1.01. The second kappa shape index (κ2) is 13.3. The molecule has 0 saturated heterocycles. The van der Waals surface area contributed by atoms with Crippen LogP contribution in [0.1, 0.15) is 0 Å². The molecule has 0 N–H and O–H groups in total. The number of nitrogens with zero attached hydrogens (tertiary/aromatic N) is 3. The predicted octanol–water partition coefficient (Wildman–Crippen LogP) is 14.1. The van der Waals surface area contributed by atoms with E-state index in [1.807, 2.05) is 48.5 Å². The fourth-order valence-corrected chi connectivity index (χ4v) is 9.09. The standard InChI is InChI=1S/C51H31N3OS/c1-3-12-32(13-4-1)36-16-9-17-37(30-36)33-24-26-35(27-25-33)50-52-49(34-14-5-2-6-15-34)53-51(54-50)38-28-29-39-41-20-10-21-42(48(41)56-46(39)31-38)40-19-11-23-45-47(40)43-18-7-8-22-44(43)55-45/h1-31H. The molecular weight excluding hydrogens is 703 g/mol. The Morgan fingerprint density at radius 2 is 0.857 bits per heavy atom. The quantitative estimate of drug-likeness (QED) is 0.171. The summed E-state index contributed by atoms with van der Waals surface area (Å²) in [6.45, 7) is 0. The molecule has 0 saturated carbocycles. The molecule has 3 aromatic heterocycles. The molecule has 5 heteroatoms. The SMILES string of the molecule is c1ccc(-c2cccc(-c3ccc(-c4nc(-c5ccccc5)nc(-c5ccc6c(c5)sc5c(-c7cccc8oc9ccccc9c78)cccc56)n4)cc3)c2)cc1. The van der Waals surface area contributed by atoms with Crippen LogP contribution in [0, 0.1) is 0 Å². The molecule has 4 nitrogen and oxygen atoms in total. The lowest BCUT2D eigenvalue weighted by Gasteiger charge is -2.10. The van der Waals surface area contributed by atoms with Crippen LogP contribution >= 0.6 is 11.3 Å². The number of thiophene rings is 1. The first-order valence-electron chi connectivity index (χ1n) is 18.7. The lowest BCUT2D eigenvalue weighted by Crippen LogP contribution is -2.00. The van der Waals surface area contributed by atoms with Gasteiger partial charge in [0.1, 0.15) is 11.2 Å². The van der Waals surface area contributed by atoms with Crippen molar-refractivity contribution >= 4 is 53.4 Å². The van der Waals surface area contributed by atoms with E-state index in [0.29, 0.717) is 17.5 Å². The third-order valence-corrected chi connectivity index (χ3v) is 11.8. The molecule has 262 valence electrons. The first kappa shape index (κ1) is 32.2. The second-order valence-electron chi connectivity index (χ2n) is 14.0. The minimum absolute atomic E-state index is 0.637. The van der Waals surface area contributed by atoms with Crippen LogP contribution in [0.2, 0.25) is 0 Å². The number of rotatable bonds is 6. The van der Waals surface area contributed by atoms with Gasteiger partial charge in [0, 0.05) is 53.2 Å². The third-order valence-electron chi connectivity index (χ3n) is 10.6. The van der Waals surface area contributed by atoms with Crippen LogP contribution in [0.15, 0.2) is 192 Å². The molecule has 0 unspecified atom stereocenters. The van der Waals surface area contributed by atoms with Crippen molar-refractivity contribution in [2.75, 3.05) is 0 Å². The number of furan rings is 1. The Morgan fingerprint density at radius 1 is 0.339 bits per heavy atom. The maximum absolute atomic E-state index is 6.26. The summed E-state index contributed by atoms with van der Waals surface area (Å²) >= 11 is 1.81. The molecule has 0 aliphatic carbocycles. The second-order valence-corrected chi connectivity index (χ2v) is 15.0. The normalized spacial score (nSPS) is 11.6. The van der Waals surface area contributed by atoms with Crippen LogP contribution in [0.5, 0.6) is 0 Å². The lowest BCUT2D eigenvalue weighted by atomic mass is 9.98. The zero-order valence-corrected chi connectivity index (χ0v) is 30.9. The van der Waals surface area contributed by atoms with E-state index in [-0.39, 0.29) is 0 Å². The molecule has 56 heavy (non-hydrogen) atoms. The largest absolute Gasteiger partial charge is 0.456 e. The molecule has 0 bridgehead atoms. The molecule has 0 amide bonds. The van der Waals surface area contributed by atoms with Crippen LogP contribution in [0.4, 0.5) is 0 Å². The zero-order chi connectivity index (χ0) is 37.0. The maximum atomic E-state index is 6.26. The number of benzene rings is 8. The Labute approximate surface area is 327 Å². The van der Waals surface area contributed by atoms with E-state index in [4.69, 9.17) is 19.4 Å². The van der Waals surface area contributed by atoms with Gasteiger partial charge in [0.2, 0.25) is 0 Å². The van der Waals surface area contributed by atoms with Crippen LogP contribution in [0.3, 0.4) is 0 Å². The highest BCUT2D eigenvalue weighted by Crippen LogP contribution is 2.44. The van der Waals surface area contributed by atoms with Gasteiger partial charge in [-0.1, -0.05) is 164 Å². The van der Waals surface area contributed by atoms with E-state index in [1.54, 1.807) is 11.3 Å². The number of aromatic nitrogens is 3. The summed E-state index contributed by atoms with van der Waals surface area (Å²) in [7, 11) is 0. The van der Waals surface area contributed by atoms with Gasteiger partial charge in [-0.15, -0.1) is 11.3 Å². The molecule has 11 aromatic rings. The molecule has 0 aliphatic rings. The van der Waals surface area contributed by atoms with Crippen molar-refractivity contribution in [1.29, 1.82) is 0 Å². The van der Waals surface area contributed by atoms with Crippen LogP contribution in [0.25, 0.3) is 110 Å². The molecule has 11 rings (SSSR count). The van der Waals surface area contributed by atoms with Crippen LogP contribution in [-0.2, 0) is 0 Å². The van der Waals surface area contributed by atoms with E-state index in [1.165, 1.54) is 42.4 Å². The van der Waals surface area contributed by atoms with Gasteiger partial charge in [-0.2, -0.15) is 0 Å². The minimum atomic E-state index is 0.637. The van der Waals surface area contributed by atoms with E-state index in [2.05, 4.69) is 140 Å². The Bertz CT molecular complexity index is 3240. The number of hydrogen-bond acceptors (Lipinski definition) is 5. The van der Waals surface area contributed by atoms with Gasteiger partial charge in [0.05, 0.1) is 0 Å². The average Bonchev–Trinajstić information content (AvgIpc) is 3.85. The molecule has 0 spiro atoms. The summed E-state index contributed by atoms with van der Waals surface area (Å²) in [5, 5.41) is 4.72. The molecule has 8 aromatic carbocycles. The third kappa shape index (κ3) is 5.56. The minimum Gasteiger partial charge on any atom is -0.456 e. The highest BCUT2D eigenvalue weighted by Gasteiger charge is 2.18. The van der Waals surface area contributed by atoms with Crippen molar-refractivity contribution in [3.63, 3.8) is 0 Å². The van der Waals surface area contributed by atoms with Crippen LogP contribution < -0.4 is 0 Å². The molecule has 3 heterocycles. The number of para-hydroxylation sites is 1. The van der Waals surface area contributed by atoms with Gasteiger partial charge < -0.3 is 4.42 Å². The number of fused-ring (bicyclic) bond motifs is 6.